The average molecular weight is 365 g/mol. The Balaban J connectivity index is 1.71. The molecule has 1 unspecified atom stereocenters. The molecule has 1 amide bonds. The van der Waals surface area contributed by atoms with E-state index in [0.717, 1.165) is 32.4 Å². The summed E-state index contributed by atoms with van der Waals surface area (Å²) >= 11 is 0. The van der Waals surface area contributed by atoms with E-state index < -0.39 is 0 Å². The molecule has 0 aliphatic carbocycles. The first-order valence-electron chi connectivity index (χ1n) is 11.3. The third kappa shape index (κ3) is 6.25. The van der Waals surface area contributed by atoms with Gasteiger partial charge in [0.05, 0.1) is 0 Å². The highest BCUT2D eigenvalue weighted by Gasteiger charge is 2.45. The van der Waals surface area contributed by atoms with Crippen LogP contribution in [0.15, 0.2) is 0 Å². The van der Waals surface area contributed by atoms with Crippen LogP contribution in [-0.2, 0) is 4.79 Å². The normalized spacial score (nSPS) is 21.7. The molecule has 0 radical (unpaired) electrons. The fourth-order valence-electron chi connectivity index (χ4n) is 4.86. The van der Waals surface area contributed by atoms with Gasteiger partial charge in [-0.05, 0) is 55.9 Å². The third-order valence-corrected chi connectivity index (χ3v) is 6.55. The lowest BCUT2D eigenvalue weighted by Gasteiger charge is -2.54. The van der Waals surface area contributed by atoms with E-state index >= 15 is 0 Å². The summed E-state index contributed by atoms with van der Waals surface area (Å²) in [7, 11) is 0. The molecular weight excluding hydrogens is 320 g/mol. The minimum atomic E-state index is 0.282. The van der Waals surface area contributed by atoms with E-state index in [-0.39, 0.29) is 5.92 Å². The molecule has 2 saturated heterocycles. The summed E-state index contributed by atoms with van der Waals surface area (Å²) in [6, 6.07) is 0. The second-order valence-electron chi connectivity index (χ2n) is 10.3. The Labute approximate surface area is 162 Å². The standard InChI is InChI=1S/C23H44N2O/c1-6-8-11-20(10-7-2)21(26)25-16-13-23(14-17-25)18-24(19-23)15-9-12-22(3,4)5/h20H,6-19H2,1-5H3. The molecule has 152 valence electrons. The first-order valence-corrected chi connectivity index (χ1v) is 11.3. The van der Waals surface area contributed by atoms with Gasteiger partial charge >= 0.3 is 0 Å². The van der Waals surface area contributed by atoms with Gasteiger partial charge in [-0.3, -0.25) is 4.79 Å². The molecule has 2 fully saturated rings. The van der Waals surface area contributed by atoms with Crippen LogP contribution in [0.25, 0.3) is 0 Å². The minimum Gasteiger partial charge on any atom is -0.342 e. The topological polar surface area (TPSA) is 23.6 Å². The number of hydrogen-bond donors (Lipinski definition) is 0. The van der Waals surface area contributed by atoms with E-state index in [1.807, 2.05) is 0 Å². The molecule has 0 aromatic rings. The van der Waals surface area contributed by atoms with Crippen LogP contribution >= 0.6 is 0 Å². The van der Waals surface area contributed by atoms with Crippen molar-refractivity contribution in [3.8, 4) is 0 Å². The zero-order valence-corrected chi connectivity index (χ0v) is 18.3. The third-order valence-electron chi connectivity index (χ3n) is 6.55. The summed E-state index contributed by atoms with van der Waals surface area (Å²) in [4.78, 5) is 17.8. The molecule has 0 aromatic carbocycles. The molecule has 1 atom stereocenters. The van der Waals surface area contributed by atoms with Crippen LogP contribution in [0.3, 0.4) is 0 Å². The molecule has 2 heterocycles. The molecule has 2 rings (SSSR count). The largest absolute Gasteiger partial charge is 0.342 e. The summed E-state index contributed by atoms with van der Waals surface area (Å²) < 4.78 is 0. The molecule has 2 aliphatic heterocycles. The Morgan fingerprint density at radius 3 is 2.19 bits per heavy atom. The lowest BCUT2D eigenvalue weighted by atomic mass is 9.71. The number of nitrogens with zero attached hydrogens (tertiary/aromatic N) is 2. The predicted molar refractivity (Wildman–Crippen MR) is 111 cm³/mol. The number of piperidine rings is 1. The quantitative estimate of drug-likeness (QED) is 0.551. The number of likely N-dealkylation sites (tertiary alicyclic amines) is 2. The monoisotopic (exact) mass is 364 g/mol. The average Bonchev–Trinajstić information content (AvgIpc) is 2.56. The SMILES string of the molecule is CCCCC(CCC)C(=O)N1CCC2(CC1)CN(CCCC(C)(C)C)C2. The van der Waals surface area contributed by atoms with Gasteiger partial charge in [-0.2, -0.15) is 0 Å². The van der Waals surface area contributed by atoms with Crippen LogP contribution in [0.2, 0.25) is 0 Å². The number of carbonyl (C=O) groups excluding carboxylic acids is 1. The van der Waals surface area contributed by atoms with Gasteiger partial charge in [0.25, 0.3) is 0 Å². The number of hydrogen-bond acceptors (Lipinski definition) is 2. The Hall–Kier alpha value is -0.570. The molecule has 0 saturated carbocycles. The lowest BCUT2D eigenvalue weighted by molar-refractivity contribution is -0.141. The number of amides is 1. The fourth-order valence-corrected chi connectivity index (χ4v) is 4.86. The number of unbranched alkanes of at least 4 members (excludes halogenated alkanes) is 1. The molecule has 0 bridgehead atoms. The fraction of sp³-hybridized carbons (Fsp3) is 0.957. The molecule has 3 nitrogen and oxygen atoms in total. The van der Waals surface area contributed by atoms with Crippen molar-refractivity contribution in [1.29, 1.82) is 0 Å². The summed E-state index contributed by atoms with van der Waals surface area (Å²) in [5, 5.41) is 0. The molecule has 3 heteroatoms. The van der Waals surface area contributed by atoms with Crippen molar-refractivity contribution in [3.05, 3.63) is 0 Å². The Kier molecular flexibility index (Phi) is 8.00. The van der Waals surface area contributed by atoms with Crippen LogP contribution in [-0.4, -0.2) is 48.4 Å². The van der Waals surface area contributed by atoms with Gasteiger partial charge in [0.15, 0.2) is 0 Å². The van der Waals surface area contributed by atoms with Gasteiger partial charge in [-0.25, -0.2) is 0 Å². The Morgan fingerprint density at radius 2 is 1.65 bits per heavy atom. The van der Waals surface area contributed by atoms with Gasteiger partial charge in [0, 0.05) is 32.1 Å². The maximum absolute atomic E-state index is 12.9. The summed E-state index contributed by atoms with van der Waals surface area (Å²) in [5.74, 6) is 0.737. The molecular formula is C23H44N2O. The van der Waals surface area contributed by atoms with Gasteiger partial charge in [0.2, 0.25) is 5.91 Å². The summed E-state index contributed by atoms with van der Waals surface area (Å²) in [6.45, 7) is 17.2. The maximum atomic E-state index is 12.9. The van der Waals surface area contributed by atoms with Crippen molar-refractivity contribution in [2.45, 2.75) is 92.4 Å². The van der Waals surface area contributed by atoms with E-state index in [1.54, 1.807) is 0 Å². The number of carbonyl (C=O) groups is 1. The highest BCUT2D eigenvalue weighted by Crippen LogP contribution is 2.41. The van der Waals surface area contributed by atoms with Crippen molar-refractivity contribution >= 4 is 5.91 Å². The smallest absolute Gasteiger partial charge is 0.225 e. The molecule has 2 aliphatic rings. The number of rotatable bonds is 9. The van der Waals surface area contributed by atoms with Crippen molar-refractivity contribution in [1.82, 2.24) is 9.80 Å². The van der Waals surface area contributed by atoms with Crippen molar-refractivity contribution in [2.24, 2.45) is 16.7 Å². The summed E-state index contributed by atoms with van der Waals surface area (Å²) in [5.41, 5.74) is 0.989. The zero-order chi connectivity index (χ0) is 19.2. The second kappa shape index (κ2) is 9.57. The van der Waals surface area contributed by atoms with E-state index in [1.165, 1.54) is 58.2 Å². The molecule has 0 aromatic heterocycles. The van der Waals surface area contributed by atoms with Crippen LogP contribution in [0.1, 0.15) is 92.4 Å². The van der Waals surface area contributed by atoms with Gasteiger partial charge in [-0.1, -0.05) is 53.9 Å². The van der Waals surface area contributed by atoms with Crippen molar-refractivity contribution in [3.63, 3.8) is 0 Å². The van der Waals surface area contributed by atoms with Crippen molar-refractivity contribution < 1.29 is 4.79 Å². The first-order chi connectivity index (χ1) is 12.3. The van der Waals surface area contributed by atoms with Gasteiger partial charge in [0.1, 0.15) is 0 Å². The van der Waals surface area contributed by atoms with Gasteiger partial charge < -0.3 is 9.80 Å². The molecule has 26 heavy (non-hydrogen) atoms. The van der Waals surface area contributed by atoms with E-state index in [9.17, 15) is 4.79 Å². The zero-order valence-electron chi connectivity index (χ0n) is 18.3. The lowest BCUT2D eigenvalue weighted by Crippen LogP contribution is -2.61. The molecule has 1 spiro atoms. The predicted octanol–water partition coefficient (Wildman–Crippen LogP) is 5.34. The van der Waals surface area contributed by atoms with Crippen LogP contribution in [0, 0.1) is 16.7 Å². The van der Waals surface area contributed by atoms with Crippen LogP contribution in [0.4, 0.5) is 0 Å². The maximum Gasteiger partial charge on any atom is 0.225 e. The van der Waals surface area contributed by atoms with E-state index in [2.05, 4.69) is 44.4 Å². The Morgan fingerprint density at radius 1 is 1.00 bits per heavy atom. The summed E-state index contributed by atoms with van der Waals surface area (Å²) in [6.07, 6.45) is 10.8. The highest BCUT2D eigenvalue weighted by atomic mass is 16.2. The first kappa shape index (κ1) is 21.7. The second-order valence-corrected chi connectivity index (χ2v) is 10.3. The minimum absolute atomic E-state index is 0.282. The van der Waals surface area contributed by atoms with Crippen LogP contribution in [0.5, 0.6) is 0 Å². The molecule has 0 N–H and O–H groups in total. The van der Waals surface area contributed by atoms with E-state index in [0.29, 0.717) is 16.7 Å². The van der Waals surface area contributed by atoms with Gasteiger partial charge in [-0.15, -0.1) is 0 Å². The van der Waals surface area contributed by atoms with Crippen molar-refractivity contribution in [2.75, 3.05) is 32.7 Å². The van der Waals surface area contributed by atoms with Crippen LogP contribution < -0.4 is 0 Å². The Bertz CT molecular complexity index is 424. The van der Waals surface area contributed by atoms with E-state index in [4.69, 9.17) is 0 Å². The highest BCUT2D eigenvalue weighted by molar-refractivity contribution is 5.78.